The van der Waals surface area contributed by atoms with Gasteiger partial charge in [0.25, 0.3) is 0 Å². The second-order valence-electron chi connectivity index (χ2n) is 7.72. The molecule has 0 bridgehead atoms. The van der Waals surface area contributed by atoms with Crippen LogP contribution in [0.4, 0.5) is 5.82 Å². The van der Waals surface area contributed by atoms with Gasteiger partial charge in [0.05, 0.1) is 23.6 Å². The molecule has 3 unspecified atom stereocenters. The first-order valence-corrected chi connectivity index (χ1v) is 9.77. The molecule has 2 fully saturated rings. The number of hydrogen-bond donors (Lipinski definition) is 1. The summed E-state index contributed by atoms with van der Waals surface area (Å²) in [7, 11) is 0. The van der Waals surface area contributed by atoms with Crippen molar-refractivity contribution in [1.29, 1.82) is 0 Å². The molecule has 1 saturated carbocycles. The number of nitrogens with one attached hydrogen (secondary N) is 1. The first kappa shape index (κ1) is 15.6. The third kappa shape index (κ3) is 2.40. The minimum absolute atomic E-state index is 0.133. The highest BCUT2D eigenvalue weighted by Crippen LogP contribution is 2.40. The quantitative estimate of drug-likeness (QED) is 0.771. The maximum Gasteiger partial charge on any atom is 0.147 e. The monoisotopic (exact) mass is 362 g/mol. The Morgan fingerprint density at radius 3 is 3.00 bits per heavy atom. The van der Waals surface area contributed by atoms with Crippen LogP contribution in [0.25, 0.3) is 11.0 Å². The molecular weight excluding hydrogens is 340 g/mol. The van der Waals surface area contributed by atoms with Crippen molar-refractivity contribution in [2.75, 3.05) is 12.1 Å². The second kappa shape index (κ2) is 6.04. The molecule has 2 aromatic heterocycles. The molecule has 1 aliphatic heterocycles. The van der Waals surface area contributed by atoms with E-state index >= 15 is 0 Å². The number of aromatic nitrogens is 3. The summed E-state index contributed by atoms with van der Waals surface area (Å²) in [6.07, 6.45) is 8.47. The zero-order valence-corrected chi connectivity index (χ0v) is 15.0. The molecule has 3 heterocycles. The van der Waals surface area contributed by atoms with Gasteiger partial charge in [-0.15, -0.1) is 0 Å². The van der Waals surface area contributed by atoms with Crippen LogP contribution in [0, 0.1) is 0 Å². The maximum absolute atomic E-state index is 5.84. The first-order valence-electron chi connectivity index (χ1n) is 9.77. The van der Waals surface area contributed by atoms with E-state index in [2.05, 4.69) is 56.4 Å². The number of anilines is 1. The van der Waals surface area contributed by atoms with Crippen LogP contribution < -0.4 is 5.32 Å². The van der Waals surface area contributed by atoms with Gasteiger partial charge in [0.15, 0.2) is 0 Å². The number of aryl methyl sites for hydroxylation is 1. The van der Waals surface area contributed by atoms with Crippen LogP contribution in [0.3, 0.4) is 0 Å². The average molecular weight is 362 g/mol. The van der Waals surface area contributed by atoms with Gasteiger partial charge in [-0.25, -0.2) is 9.97 Å². The van der Waals surface area contributed by atoms with Crippen LogP contribution in [-0.2, 0) is 15.9 Å². The lowest BCUT2D eigenvalue weighted by atomic mass is 10.1. The first-order chi connectivity index (χ1) is 13.4. The fraction of sp³-hybridized carbons (Fsp3) is 0.429. The molecule has 2 aliphatic carbocycles. The average Bonchev–Trinajstić information content (AvgIpc) is 3.45. The number of ether oxygens (including phenoxy) is 2. The lowest BCUT2D eigenvalue weighted by Gasteiger charge is -2.20. The molecule has 0 spiro atoms. The Balaban J connectivity index is 1.34. The van der Waals surface area contributed by atoms with Gasteiger partial charge in [-0.05, 0) is 42.9 Å². The standard InChI is InChI=1S/C21H22N4O2/c1-2-4-14-13(3-1)5-6-16(14)24-20-15-9-10-25(21(15)23-11-22-20)17-7-8-18-19(17)27-12-26-18/h1-4,9-11,16-19H,5-8,12H2,(H,22,23,24)/t16-,17?,18?,19?/m0/s1. The molecule has 3 aliphatic rings. The molecule has 1 saturated heterocycles. The fourth-order valence-electron chi connectivity index (χ4n) is 5.04. The van der Waals surface area contributed by atoms with Crippen molar-refractivity contribution >= 4 is 16.9 Å². The van der Waals surface area contributed by atoms with Gasteiger partial charge in [0, 0.05) is 6.20 Å². The van der Waals surface area contributed by atoms with Gasteiger partial charge in [-0.1, -0.05) is 24.3 Å². The van der Waals surface area contributed by atoms with E-state index in [0.717, 1.165) is 42.5 Å². The predicted molar refractivity (Wildman–Crippen MR) is 102 cm³/mol. The lowest BCUT2D eigenvalue weighted by molar-refractivity contribution is 0.0196. The number of hydrogen-bond acceptors (Lipinski definition) is 5. The van der Waals surface area contributed by atoms with Gasteiger partial charge in [-0.3, -0.25) is 0 Å². The van der Waals surface area contributed by atoms with Gasteiger partial charge >= 0.3 is 0 Å². The Kier molecular flexibility index (Phi) is 3.49. The summed E-state index contributed by atoms with van der Waals surface area (Å²) in [4.78, 5) is 9.15. The summed E-state index contributed by atoms with van der Waals surface area (Å²) in [5.74, 6) is 0.915. The maximum atomic E-state index is 5.84. The highest BCUT2D eigenvalue weighted by atomic mass is 16.7. The van der Waals surface area contributed by atoms with Crippen LogP contribution in [0.15, 0.2) is 42.9 Å². The Hall–Kier alpha value is -2.44. The second-order valence-corrected chi connectivity index (χ2v) is 7.72. The molecule has 1 N–H and O–H groups in total. The third-order valence-electron chi connectivity index (χ3n) is 6.35. The zero-order chi connectivity index (χ0) is 17.8. The minimum Gasteiger partial charge on any atom is -0.363 e. The minimum atomic E-state index is 0.133. The number of fused-ring (bicyclic) bond motifs is 3. The Morgan fingerprint density at radius 2 is 2.00 bits per heavy atom. The van der Waals surface area contributed by atoms with E-state index < -0.39 is 0 Å². The van der Waals surface area contributed by atoms with Crippen LogP contribution in [-0.4, -0.2) is 33.5 Å². The van der Waals surface area contributed by atoms with Crippen molar-refractivity contribution in [1.82, 2.24) is 14.5 Å². The van der Waals surface area contributed by atoms with E-state index in [-0.39, 0.29) is 18.2 Å². The Bertz CT molecular complexity index is 1000. The number of rotatable bonds is 3. The Morgan fingerprint density at radius 1 is 1.04 bits per heavy atom. The molecule has 1 aromatic carbocycles. The predicted octanol–water partition coefficient (Wildman–Crippen LogP) is 3.61. The molecular formula is C21H22N4O2. The van der Waals surface area contributed by atoms with Gasteiger partial charge in [0.1, 0.15) is 30.7 Å². The molecule has 138 valence electrons. The molecule has 6 heteroatoms. The van der Waals surface area contributed by atoms with Crippen molar-refractivity contribution in [3.05, 3.63) is 54.0 Å². The molecule has 27 heavy (non-hydrogen) atoms. The van der Waals surface area contributed by atoms with Gasteiger partial charge in [-0.2, -0.15) is 0 Å². The van der Waals surface area contributed by atoms with E-state index in [1.165, 1.54) is 11.1 Å². The summed E-state index contributed by atoms with van der Waals surface area (Å²) in [5, 5.41) is 4.74. The van der Waals surface area contributed by atoms with Crippen LogP contribution in [0.2, 0.25) is 0 Å². The molecule has 6 rings (SSSR count). The van der Waals surface area contributed by atoms with Crippen molar-refractivity contribution < 1.29 is 9.47 Å². The normalized spacial score (nSPS) is 29.2. The summed E-state index contributed by atoms with van der Waals surface area (Å²) >= 11 is 0. The molecule has 0 amide bonds. The summed E-state index contributed by atoms with van der Waals surface area (Å²) in [6, 6.07) is 11.4. The van der Waals surface area contributed by atoms with Gasteiger partial charge in [0.2, 0.25) is 0 Å². The highest BCUT2D eigenvalue weighted by Gasteiger charge is 2.43. The molecule has 4 atom stereocenters. The molecule has 3 aromatic rings. The fourth-order valence-corrected chi connectivity index (χ4v) is 5.04. The third-order valence-corrected chi connectivity index (χ3v) is 6.35. The Labute approximate surface area is 157 Å². The van der Waals surface area contributed by atoms with E-state index in [1.807, 2.05) is 0 Å². The summed E-state index contributed by atoms with van der Waals surface area (Å²) in [5.41, 5.74) is 3.80. The highest BCUT2D eigenvalue weighted by molar-refractivity contribution is 5.87. The van der Waals surface area contributed by atoms with E-state index in [0.29, 0.717) is 12.8 Å². The van der Waals surface area contributed by atoms with Crippen molar-refractivity contribution in [3.63, 3.8) is 0 Å². The number of nitrogens with zero attached hydrogens (tertiary/aromatic N) is 3. The van der Waals surface area contributed by atoms with Crippen LogP contribution in [0.5, 0.6) is 0 Å². The van der Waals surface area contributed by atoms with Crippen molar-refractivity contribution in [2.24, 2.45) is 0 Å². The van der Waals surface area contributed by atoms with Crippen LogP contribution in [0.1, 0.15) is 42.5 Å². The molecule has 0 radical (unpaired) electrons. The van der Waals surface area contributed by atoms with Crippen molar-refractivity contribution in [2.45, 2.75) is 50.0 Å². The van der Waals surface area contributed by atoms with Crippen molar-refractivity contribution in [3.8, 4) is 0 Å². The van der Waals surface area contributed by atoms with E-state index in [1.54, 1.807) is 6.33 Å². The van der Waals surface area contributed by atoms with Gasteiger partial charge < -0.3 is 19.4 Å². The zero-order valence-electron chi connectivity index (χ0n) is 15.0. The summed E-state index contributed by atoms with van der Waals surface area (Å²) < 4.78 is 13.8. The topological polar surface area (TPSA) is 61.2 Å². The smallest absolute Gasteiger partial charge is 0.147 e. The summed E-state index contributed by atoms with van der Waals surface area (Å²) in [6.45, 7) is 0.411. The lowest BCUT2D eigenvalue weighted by Crippen LogP contribution is -2.24. The SMILES string of the molecule is c1ccc2c(c1)CC[C@@H]2Nc1ncnc2c1ccn2C1CCC2OCOC21. The molecule has 6 nitrogen and oxygen atoms in total. The largest absolute Gasteiger partial charge is 0.363 e. The van der Waals surface area contributed by atoms with E-state index in [4.69, 9.17) is 9.47 Å². The van der Waals surface area contributed by atoms with Crippen LogP contribution >= 0.6 is 0 Å². The number of benzene rings is 1. The van der Waals surface area contributed by atoms with E-state index in [9.17, 15) is 0 Å².